The molecule has 3 atom stereocenters. The summed E-state index contributed by atoms with van der Waals surface area (Å²) in [5, 5.41) is 25.1. The minimum atomic E-state index is -1.18. The van der Waals surface area contributed by atoms with E-state index in [1.807, 2.05) is 12.2 Å². The Morgan fingerprint density at radius 1 is 1.22 bits per heavy atom. The van der Waals surface area contributed by atoms with Crippen LogP contribution < -0.4 is 10.6 Å². The van der Waals surface area contributed by atoms with Crippen LogP contribution in [0.25, 0.3) is 0 Å². The number of allylic oxidation sites excluding steroid dienone is 4. The van der Waals surface area contributed by atoms with Crippen LogP contribution in [0.3, 0.4) is 0 Å². The quantitative estimate of drug-likeness (QED) is 0.0493. The number of nitro groups is 1. The third-order valence-electron chi connectivity index (χ3n) is 5.99. The molecule has 2 aliphatic rings. The Morgan fingerprint density at radius 2 is 1.88 bits per heavy atom. The molecule has 1 saturated heterocycles. The number of nitrogens with one attached hydrogen (secondary N) is 2. The number of likely N-dealkylation sites (tertiary alicyclic amines) is 1. The average molecular weight is 589 g/mol. The number of carbonyl (C=O) groups excluding carboxylic acids is 4. The largest absolute Gasteiger partial charge is 0.510 e. The normalized spacial score (nSPS) is 19.7. The highest BCUT2D eigenvalue weighted by molar-refractivity contribution is 7.81. The number of alkyl carbamates (subject to hydrolysis) is 1. The molecular weight excluding hydrogens is 556 g/mol. The third-order valence-corrected chi connectivity index (χ3v) is 6.52. The van der Waals surface area contributed by atoms with E-state index in [9.17, 15) is 34.4 Å². The van der Waals surface area contributed by atoms with Gasteiger partial charge >= 0.3 is 12.1 Å². The van der Waals surface area contributed by atoms with Crippen molar-refractivity contribution in [1.29, 1.82) is 0 Å². The van der Waals surface area contributed by atoms with Crippen molar-refractivity contribution < 1.29 is 38.7 Å². The second-order valence-electron chi connectivity index (χ2n) is 10.3. The van der Waals surface area contributed by atoms with Crippen molar-refractivity contribution in [1.82, 2.24) is 15.5 Å². The van der Waals surface area contributed by atoms with Gasteiger partial charge in [-0.3, -0.25) is 24.6 Å². The highest BCUT2D eigenvalue weighted by Gasteiger charge is 2.51. The molecule has 1 heterocycles. The average Bonchev–Trinajstić information content (AvgIpc) is 2.91. The molecule has 1 aromatic carbocycles. The highest BCUT2D eigenvalue weighted by atomic mass is 32.1. The van der Waals surface area contributed by atoms with Crippen LogP contribution in [-0.4, -0.2) is 61.9 Å². The predicted octanol–water partition coefficient (Wildman–Crippen LogP) is 3.18. The molecule has 0 aromatic heterocycles. The number of nitro benzene ring substituents is 1. The molecule has 0 spiro atoms. The molecule has 1 fully saturated rings. The lowest BCUT2D eigenvalue weighted by Gasteiger charge is -2.45. The number of nitrogens with zero attached hydrogens (tertiary/aromatic N) is 2. The summed E-state index contributed by atoms with van der Waals surface area (Å²) in [7, 11) is 0. The summed E-state index contributed by atoms with van der Waals surface area (Å²) in [5.41, 5.74) is -0.353. The van der Waals surface area contributed by atoms with Gasteiger partial charge in [0.2, 0.25) is 5.91 Å². The molecule has 14 heteroatoms. The van der Waals surface area contributed by atoms with E-state index in [2.05, 4.69) is 23.3 Å². The van der Waals surface area contributed by atoms with Crippen LogP contribution in [0.1, 0.15) is 46.1 Å². The van der Waals surface area contributed by atoms with Crippen LogP contribution in [0.5, 0.6) is 0 Å². The van der Waals surface area contributed by atoms with E-state index in [-0.39, 0.29) is 12.3 Å². The number of thiol groups is 1. The Hall–Kier alpha value is -4.33. The Morgan fingerprint density at radius 3 is 2.39 bits per heavy atom. The number of rotatable bonds is 9. The molecule has 13 nitrogen and oxygen atoms in total. The van der Waals surface area contributed by atoms with Crippen molar-refractivity contribution in [3.63, 3.8) is 0 Å². The zero-order chi connectivity index (χ0) is 30.5. The van der Waals surface area contributed by atoms with Gasteiger partial charge in [0, 0.05) is 12.1 Å². The van der Waals surface area contributed by atoms with Gasteiger partial charge in [0.15, 0.2) is 5.70 Å². The van der Waals surface area contributed by atoms with Gasteiger partial charge in [-0.15, -0.1) is 0 Å². The second-order valence-corrected chi connectivity index (χ2v) is 10.8. The summed E-state index contributed by atoms with van der Waals surface area (Å²) in [6.45, 7) is 5.95. The number of esters is 1. The minimum Gasteiger partial charge on any atom is -0.510 e. The summed E-state index contributed by atoms with van der Waals surface area (Å²) in [5.74, 6) is -2.97. The first kappa shape index (κ1) is 31.2. The Labute approximate surface area is 241 Å². The summed E-state index contributed by atoms with van der Waals surface area (Å²) >= 11 is 4.36. The zero-order valence-electron chi connectivity index (χ0n) is 22.9. The van der Waals surface area contributed by atoms with Crippen molar-refractivity contribution in [2.45, 2.75) is 70.2 Å². The number of ether oxygens (including phenoxy) is 2. The van der Waals surface area contributed by atoms with Gasteiger partial charge in [-0.25, -0.2) is 9.59 Å². The Bertz CT molecular complexity index is 1310. The monoisotopic (exact) mass is 588 g/mol. The molecule has 1 aliphatic carbocycles. The number of amides is 3. The fourth-order valence-corrected chi connectivity index (χ4v) is 4.48. The number of benzene rings is 1. The van der Waals surface area contributed by atoms with Gasteiger partial charge in [-0.1, -0.05) is 18.2 Å². The van der Waals surface area contributed by atoms with Crippen molar-refractivity contribution in [3.8, 4) is 0 Å². The van der Waals surface area contributed by atoms with Crippen molar-refractivity contribution in [2.75, 3.05) is 0 Å². The fraction of sp³-hybridized carbons (Fsp3) is 0.407. The van der Waals surface area contributed by atoms with Crippen LogP contribution in [0.4, 0.5) is 10.5 Å². The first-order valence-electron chi connectivity index (χ1n) is 12.6. The Kier molecular flexibility index (Phi) is 9.81. The molecule has 3 rings (SSSR count). The topological polar surface area (TPSA) is 177 Å². The van der Waals surface area contributed by atoms with E-state index < -0.39 is 63.3 Å². The second kappa shape index (κ2) is 12.9. The molecule has 1 aliphatic heterocycles. The standard InChI is InChI=1S/C27H32N4O9S/c1-15(32)21(25(35)39-14-16-10-12-18(13-11-16)31(37)38)30-23(34)20(24(30)41)28-22(33)19(17-8-6-5-7-9-17)29-26(36)40-27(2,3)4/h5-6,9-13,19-20,24,32,41H,7-8,14H2,1-4H3,(H,28,33)(H,29,36). The van der Waals surface area contributed by atoms with Gasteiger partial charge in [-0.05, 0) is 63.8 Å². The maximum absolute atomic E-state index is 13.3. The number of aliphatic hydroxyl groups is 1. The van der Waals surface area contributed by atoms with E-state index in [0.717, 1.165) is 4.90 Å². The molecule has 3 amide bonds. The van der Waals surface area contributed by atoms with Gasteiger partial charge in [0.1, 0.15) is 35.4 Å². The molecular formula is C27H32N4O9S. The van der Waals surface area contributed by atoms with Gasteiger partial charge in [-0.2, -0.15) is 12.6 Å². The van der Waals surface area contributed by atoms with E-state index >= 15 is 0 Å². The number of β-lactam (4-membered cyclic amide) rings is 1. The van der Waals surface area contributed by atoms with Gasteiger partial charge in [0.05, 0.1) is 4.92 Å². The van der Waals surface area contributed by atoms with E-state index in [1.165, 1.54) is 31.2 Å². The molecule has 0 radical (unpaired) electrons. The van der Waals surface area contributed by atoms with E-state index in [0.29, 0.717) is 24.0 Å². The first-order valence-corrected chi connectivity index (χ1v) is 13.2. The lowest BCUT2D eigenvalue weighted by Crippen LogP contribution is -2.70. The van der Waals surface area contributed by atoms with Crippen LogP contribution in [0.15, 0.2) is 59.5 Å². The summed E-state index contributed by atoms with van der Waals surface area (Å²) < 4.78 is 10.5. The lowest BCUT2D eigenvalue weighted by atomic mass is 9.96. The zero-order valence-corrected chi connectivity index (χ0v) is 23.8. The van der Waals surface area contributed by atoms with E-state index in [1.54, 1.807) is 26.8 Å². The lowest BCUT2D eigenvalue weighted by molar-refractivity contribution is -0.384. The van der Waals surface area contributed by atoms with E-state index in [4.69, 9.17) is 9.47 Å². The number of non-ortho nitro benzene ring substituents is 1. The number of aliphatic hydroxyl groups excluding tert-OH is 1. The maximum Gasteiger partial charge on any atom is 0.408 e. The summed E-state index contributed by atoms with van der Waals surface area (Å²) in [6.07, 6.45) is 5.72. The molecule has 3 unspecified atom stereocenters. The summed E-state index contributed by atoms with van der Waals surface area (Å²) in [6, 6.07) is 3.00. The summed E-state index contributed by atoms with van der Waals surface area (Å²) in [4.78, 5) is 62.7. The SMILES string of the molecule is CC(O)=C(C(=O)OCc1ccc([N+](=O)[O-])cc1)N1C(=O)C(NC(=O)C(NC(=O)OC(C)(C)C)C2=CCC=CC2)C1S. The van der Waals surface area contributed by atoms with Crippen molar-refractivity contribution in [3.05, 3.63) is 75.2 Å². The van der Waals surface area contributed by atoms with Gasteiger partial charge in [0.25, 0.3) is 11.6 Å². The van der Waals surface area contributed by atoms with Crippen molar-refractivity contribution >= 4 is 42.2 Å². The third kappa shape index (κ3) is 7.87. The predicted molar refractivity (Wildman–Crippen MR) is 149 cm³/mol. The van der Waals surface area contributed by atoms with Crippen LogP contribution >= 0.6 is 12.6 Å². The Balaban J connectivity index is 1.68. The maximum atomic E-state index is 13.3. The highest BCUT2D eigenvalue weighted by Crippen LogP contribution is 2.31. The number of carbonyl (C=O) groups is 4. The smallest absolute Gasteiger partial charge is 0.408 e. The molecule has 3 N–H and O–H groups in total. The molecule has 220 valence electrons. The fourth-order valence-electron chi connectivity index (χ4n) is 4.05. The molecule has 1 aromatic rings. The number of hydrogen-bond donors (Lipinski definition) is 4. The molecule has 0 bridgehead atoms. The van der Waals surface area contributed by atoms with Crippen molar-refractivity contribution in [2.24, 2.45) is 0 Å². The molecule has 41 heavy (non-hydrogen) atoms. The van der Waals surface area contributed by atoms with Crippen LogP contribution in [0.2, 0.25) is 0 Å². The minimum absolute atomic E-state index is 0.135. The first-order chi connectivity index (χ1) is 19.2. The van der Waals surface area contributed by atoms with Crippen LogP contribution in [-0.2, 0) is 30.5 Å². The number of hydrogen-bond acceptors (Lipinski definition) is 10. The molecule has 0 saturated carbocycles. The van der Waals surface area contributed by atoms with Gasteiger partial charge < -0.3 is 25.2 Å². The van der Waals surface area contributed by atoms with Crippen LogP contribution in [0, 0.1) is 10.1 Å².